The van der Waals surface area contributed by atoms with Gasteiger partial charge >= 0.3 is 5.97 Å². The third-order valence-electron chi connectivity index (χ3n) is 5.93. The van der Waals surface area contributed by atoms with E-state index in [1.807, 2.05) is 42.7 Å². The van der Waals surface area contributed by atoms with Crippen LogP contribution in [0.2, 0.25) is 0 Å². The summed E-state index contributed by atoms with van der Waals surface area (Å²) in [4.78, 5) is 27.6. The molecule has 2 heterocycles. The van der Waals surface area contributed by atoms with Gasteiger partial charge in [-0.3, -0.25) is 4.79 Å². The number of methoxy groups -OCH3 is 1. The van der Waals surface area contributed by atoms with Crippen molar-refractivity contribution in [1.82, 2.24) is 4.31 Å². The molecule has 1 saturated heterocycles. The van der Waals surface area contributed by atoms with Crippen LogP contribution in [0.25, 0.3) is 10.4 Å². The van der Waals surface area contributed by atoms with Crippen molar-refractivity contribution in [2.24, 2.45) is 5.92 Å². The number of nitrogens with zero attached hydrogens (tertiary/aromatic N) is 1. The number of nitrogens with one attached hydrogen (secondary N) is 1. The maximum atomic E-state index is 13.2. The molecule has 7 nitrogen and oxygen atoms in total. The summed E-state index contributed by atoms with van der Waals surface area (Å²) in [5.41, 5.74) is 1.35. The molecular formula is C25H26N2O5S3. The first-order valence-electron chi connectivity index (χ1n) is 11.1. The van der Waals surface area contributed by atoms with Gasteiger partial charge in [-0.25, -0.2) is 13.2 Å². The number of hydrogen-bond acceptors (Lipinski definition) is 7. The molecule has 1 aliphatic heterocycles. The maximum absolute atomic E-state index is 13.2. The molecule has 0 aliphatic carbocycles. The Balaban J connectivity index is 1.47. The average molecular weight is 531 g/mol. The summed E-state index contributed by atoms with van der Waals surface area (Å²) in [7, 11) is -2.33. The van der Waals surface area contributed by atoms with Crippen LogP contribution in [0.5, 0.6) is 0 Å². The number of esters is 1. The maximum Gasteiger partial charge on any atom is 0.350 e. The van der Waals surface area contributed by atoms with Crippen molar-refractivity contribution in [3.05, 3.63) is 65.5 Å². The number of thioether (sulfide) groups is 1. The van der Waals surface area contributed by atoms with E-state index in [9.17, 15) is 18.0 Å². The van der Waals surface area contributed by atoms with E-state index in [1.54, 1.807) is 24.3 Å². The van der Waals surface area contributed by atoms with Gasteiger partial charge in [-0.1, -0.05) is 42.5 Å². The molecule has 1 N–H and O–H groups in total. The molecule has 0 unspecified atom stereocenters. The number of sulfonamides is 1. The van der Waals surface area contributed by atoms with E-state index in [1.165, 1.54) is 34.5 Å². The van der Waals surface area contributed by atoms with Crippen LogP contribution in [-0.2, 0) is 19.6 Å². The molecule has 1 aliphatic rings. The monoisotopic (exact) mass is 530 g/mol. The van der Waals surface area contributed by atoms with Crippen LogP contribution in [0.15, 0.2) is 70.5 Å². The van der Waals surface area contributed by atoms with Gasteiger partial charge in [-0.2, -0.15) is 4.31 Å². The van der Waals surface area contributed by atoms with Crippen LogP contribution in [0.1, 0.15) is 22.5 Å². The quantitative estimate of drug-likeness (QED) is 0.343. The minimum absolute atomic E-state index is 0.228. The van der Waals surface area contributed by atoms with Crippen molar-refractivity contribution in [3.63, 3.8) is 0 Å². The fraction of sp³-hybridized carbons (Fsp3) is 0.280. The molecule has 0 radical (unpaired) electrons. The summed E-state index contributed by atoms with van der Waals surface area (Å²) in [6.07, 6.45) is 2.65. The number of anilines is 1. The number of hydrogen-bond donors (Lipinski definition) is 1. The van der Waals surface area contributed by atoms with Gasteiger partial charge in [0.05, 0.1) is 17.7 Å². The van der Waals surface area contributed by atoms with Gasteiger partial charge < -0.3 is 10.1 Å². The third kappa shape index (κ3) is 5.45. The summed E-state index contributed by atoms with van der Waals surface area (Å²) >= 11 is 2.65. The summed E-state index contributed by atoms with van der Waals surface area (Å²) < 4.78 is 32.7. The number of ether oxygens (including phenoxy) is 1. The Morgan fingerprint density at radius 1 is 1.06 bits per heavy atom. The predicted molar refractivity (Wildman–Crippen MR) is 139 cm³/mol. The van der Waals surface area contributed by atoms with Gasteiger partial charge in [0.2, 0.25) is 15.9 Å². The van der Waals surface area contributed by atoms with Crippen LogP contribution < -0.4 is 5.32 Å². The first-order valence-corrected chi connectivity index (χ1v) is 14.5. The minimum Gasteiger partial charge on any atom is -0.465 e. The van der Waals surface area contributed by atoms with Gasteiger partial charge in [-0.15, -0.1) is 23.1 Å². The highest BCUT2D eigenvalue weighted by Crippen LogP contribution is 2.36. The number of thiophene rings is 1. The van der Waals surface area contributed by atoms with Gasteiger partial charge in [0.25, 0.3) is 0 Å². The topological polar surface area (TPSA) is 92.8 Å². The zero-order chi connectivity index (χ0) is 25.0. The Morgan fingerprint density at radius 3 is 2.37 bits per heavy atom. The van der Waals surface area contributed by atoms with E-state index in [-0.39, 0.29) is 24.9 Å². The summed E-state index contributed by atoms with van der Waals surface area (Å²) in [6, 6.07) is 18.3. The van der Waals surface area contributed by atoms with Crippen molar-refractivity contribution in [2.75, 3.05) is 31.8 Å². The number of benzene rings is 2. The molecule has 1 fully saturated rings. The van der Waals surface area contributed by atoms with Crippen molar-refractivity contribution >= 4 is 50.7 Å². The second kappa shape index (κ2) is 10.9. The highest BCUT2D eigenvalue weighted by atomic mass is 32.2. The highest BCUT2D eigenvalue weighted by Gasteiger charge is 2.33. The lowest BCUT2D eigenvalue weighted by Crippen LogP contribution is -2.41. The number of rotatable bonds is 7. The van der Waals surface area contributed by atoms with Gasteiger partial charge in [0.15, 0.2) is 0 Å². The molecule has 0 bridgehead atoms. The summed E-state index contributed by atoms with van der Waals surface area (Å²) in [5.74, 6) is -1.10. The fourth-order valence-corrected chi connectivity index (χ4v) is 7.67. The fourth-order valence-electron chi connectivity index (χ4n) is 4.04. The molecular weight excluding hydrogens is 504 g/mol. The van der Waals surface area contributed by atoms with Crippen LogP contribution >= 0.6 is 23.1 Å². The number of amides is 1. The van der Waals surface area contributed by atoms with E-state index < -0.39 is 16.0 Å². The smallest absolute Gasteiger partial charge is 0.350 e. The Bertz CT molecular complexity index is 1310. The summed E-state index contributed by atoms with van der Waals surface area (Å²) in [5, 5.41) is 2.89. The van der Waals surface area contributed by atoms with Crippen LogP contribution in [0, 0.1) is 5.92 Å². The minimum atomic E-state index is -3.64. The van der Waals surface area contributed by atoms with Gasteiger partial charge in [0.1, 0.15) is 4.88 Å². The van der Waals surface area contributed by atoms with Gasteiger partial charge in [-0.05, 0) is 42.9 Å². The van der Waals surface area contributed by atoms with E-state index in [0.29, 0.717) is 33.2 Å². The molecule has 1 aromatic heterocycles. The second-order valence-corrected chi connectivity index (χ2v) is 11.8. The Hall–Kier alpha value is -2.66. The van der Waals surface area contributed by atoms with E-state index in [2.05, 4.69) is 5.32 Å². The SMILES string of the molecule is COC(=O)c1sc(-c2ccccc2)cc1NC(=O)C1CCN(S(=O)(=O)c2ccccc2SC)CC1. The van der Waals surface area contributed by atoms with Crippen LogP contribution in [0.4, 0.5) is 5.69 Å². The molecule has 2 aromatic carbocycles. The first-order chi connectivity index (χ1) is 16.8. The zero-order valence-electron chi connectivity index (χ0n) is 19.4. The average Bonchev–Trinajstić information content (AvgIpc) is 3.32. The number of piperidine rings is 1. The summed E-state index contributed by atoms with van der Waals surface area (Å²) in [6.45, 7) is 0.512. The third-order valence-corrected chi connectivity index (χ3v) is 9.98. The lowest BCUT2D eigenvalue weighted by atomic mass is 9.97. The number of carbonyl (C=O) groups is 2. The molecule has 0 atom stereocenters. The Morgan fingerprint density at radius 2 is 1.71 bits per heavy atom. The zero-order valence-corrected chi connectivity index (χ0v) is 21.8. The van der Waals surface area contributed by atoms with Crippen molar-refractivity contribution in [1.29, 1.82) is 0 Å². The van der Waals surface area contributed by atoms with Crippen molar-refractivity contribution in [3.8, 4) is 10.4 Å². The normalized spacial score (nSPS) is 15.0. The molecule has 184 valence electrons. The Kier molecular flexibility index (Phi) is 7.95. The largest absolute Gasteiger partial charge is 0.465 e. The molecule has 4 rings (SSSR count). The molecule has 1 amide bonds. The van der Waals surface area contributed by atoms with E-state index in [0.717, 1.165) is 10.4 Å². The van der Waals surface area contributed by atoms with Crippen molar-refractivity contribution in [2.45, 2.75) is 22.6 Å². The Labute approximate surface area is 213 Å². The lowest BCUT2D eigenvalue weighted by Gasteiger charge is -2.31. The second-order valence-electron chi connectivity index (χ2n) is 8.03. The molecule has 0 saturated carbocycles. The first kappa shape index (κ1) is 25.4. The predicted octanol–water partition coefficient (Wildman–Crippen LogP) is 4.96. The molecule has 35 heavy (non-hydrogen) atoms. The van der Waals surface area contributed by atoms with E-state index in [4.69, 9.17) is 4.74 Å². The lowest BCUT2D eigenvalue weighted by molar-refractivity contribution is -0.120. The number of carbonyl (C=O) groups excluding carboxylic acids is 2. The molecule has 10 heteroatoms. The van der Waals surface area contributed by atoms with Gasteiger partial charge in [0, 0.05) is 28.8 Å². The van der Waals surface area contributed by atoms with Crippen LogP contribution in [0.3, 0.4) is 0 Å². The molecule has 3 aromatic rings. The van der Waals surface area contributed by atoms with Crippen molar-refractivity contribution < 1.29 is 22.7 Å². The van der Waals surface area contributed by atoms with E-state index >= 15 is 0 Å². The highest BCUT2D eigenvalue weighted by molar-refractivity contribution is 7.99. The van der Waals surface area contributed by atoms with Crippen LogP contribution in [-0.4, -0.2) is 51.1 Å². The standard InChI is InChI=1S/C25H26N2O5S3/c1-32-25(29)23-19(16-21(34-23)17-8-4-3-5-9-17)26-24(28)18-12-14-27(15-13-18)35(30,31)22-11-7-6-10-20(22)33-2/h3-11,16,18H,12-15H2,1-2H3,(H,26,28). The molecule has 0 spiro atoms.